The summed E-state index contributed by atoms with van der Waals surface area (Å²) in [4.78, 5) is 4.24. The Morgan fingerprint density at radius 1 is 1.25 bits per heavy atom. The highest BCUT2D eigenvalue weighted by molar-refractivity contribution is 5.44. The molecule has 0 fully saturated rings. The van der Waals surface area contributed by atoms with E-state index in [-0.39, 0.29) is 6.04 Å². The quantitative estimate of drug-likeness (QED) is 0.898. The molecular weight excluding hydrogens is 246 g/mol. The van der Waals surface area contributed by atoms with E-state index in [2.05, 4.69) is 40.6 Å². The molecule has 1 aliphatic rings. The standard InChI is InChI=1S/C17H21N3/c1-19-16(15-10-5-11-20-17(15)18)14-9-4-7-12-6-2-3-8-13(12)14/h2-3,5-6,8,10-11,14,16,19H,4,7,9H2,1H3,(H2,18,20). The van der Waals surface area contributed by atoms with Crippen LogP contribution < -0.4 is 11.1 Å². The van der Waals surface area contributed by atoms with Crippen molar-refractivity contribution in [2.45, 2.75) is 31.2 Å². The fourth-order valence-corrected chi connectivity index (χ4v) is 3.40. The van der Waals surface area contributed by atoms with E-state index >= 15 is 0 Å². The predicted molar refractivity (Wildman–Crippen MR) is 82.6 cm³/mol. The van der Waals surface area contributed by atoms with E-state index in [0.29, 0.717) is 11.7 Å². The molecule has 20 heavy (non-hydrogen) atoms. The van der Waals surface area contributed by atoms with Gasteiger partial charge < -0.3 is 11.1 Å². The fourth-order valence-electron chi connectivity index (χ4n) is 3.40. The number of likely N-dealkylation sites (N-methyl/N-ethyl adjacent to an activating group) is 1. The molecule has 0 bridgehead atoms. The lowest BCUT2D eigenvalue weighted by molar-refractivity contribution is 0.425. The Morgan fingerprint density at radius 2 is 2.10 bits per heavy atom. The number of hydrogen-bond acceptors (Lipinski definition) is 3. The Kier molecular flexibility index (Phi) is 3.70. The second kappa shape index (κ2) is 5.63. The molecule has 1 heterocycles. The summed E-state index contributed by atoms with van der Waals surface area (Å²) in [7, 11) is 2.01. The van der Waals surface area contributed by atoms with Gasteiger partial charge in [0.1, 0.15) is 5.82 Å². The zero-order chi connectivity index (χ0) is 13.9. The van der Waals surface area contributed by atoms with Gasteiger partial charge in [0.25, 0.3) is 0 Å². The van der Waals surface area contributed by atoms with Crippen LogP contribution in [0.2, 0.25) is 0 Å². The van der Waals surface area contributed by atoms with Crippen molar-refractivity contribution in [2.75, 3.05) is 12.8 Å². The number of nitrogens with two attached hydrogens (primary N) is 1. The number of anilines is 1. The minimum Gasteiger partial charge on any atom is -0.383 e. The van der Waals surface area contributed by atoms with Crippen LogP contribution in [-0.4, -0.2) is 12.0 Å². The van der Waals surface area contributed by atoms with Crippen molar-refractivity contribution >= 4 is 5.82 Å². The smallest absolute Gasteiger partial charge is 0.128 e. The van der Waals surface area contributed by atoms with Gasteiger partial charge in [0.15, 0.2) is 0 Å². The average Bonchev–Trinajstić information content (AvgIpc) is 2.50. The number of fused-ring (bicyclic) bond motifs is 1. The molecule has 1 aliphatic carbocycles. The van der Waals surface area contributed by atoms with Crippen molar-refractivity contribution in [1.29, 1.82) is 0 Å². The third-order valence-electron chi connectivity index (χ3n) is 4.34. The number of rotatable bonds is 3. The maximum Gasteiger partial charge on any atom is 0.128 e. The number of aromatic nitrogens is 1. The van der Waals surface area contributed by atoms with Gasteiger partial charge in [0, 0.05) is 23.7 Å². The molecule has 2 aromatic rings. The summed E-state index contributed by atoms with van der Waals surface area (Å²) < 4.78 is 0. The van der Waals surface area contributed by atoms with Gasteiger partial charge in [-0.25, -0.2) is 4.98 Å². The molecule has 0 saturated carbocycles. The molecule has 0 spiro atoms. The van der Waals surface area contributed by atoms with Crippen LogP contribution in [0, 0.1) is 0 Å². The normalized spacial score (nSPS) is 19.4. The third kappa shape index (κ3) is 2.29. The summed E-state index contributed by atoms with van der Waals surface area (Å²) in [5.41, 5.74) is 10.1. The lowest BCUT2D eigenvalue weighted by Gasteiger charge is -2.33. The van der Waals surface area contributed by atoms with Gasteiger partial charge in [-0.2, -0.15) is 0 Å². The minimum atomic E-state index is 0.227. The van der Waals surface area contributed by atoms with E-state index in [9.17, 15) is 0 Å². The van der Waals surface area contributed by atoms with Crippen LogP contribution in [0.3, 0.4) is 0 Å². The number of aryl methyl sites for hydroxylation is 1. The Labute approximate surface area is 120 Å². The van der Waals surface area contributed by atoms with Gasteiger partial charge in [-0.15, -0.1) is 0 Å². The van der Waals surface area contributed by atoms with E-state index in [4.69, 9.17) is 5.73 Å². The molecule has 1 aromatic heterocycles. The van der Waals surface area contributed by atoms with Crippen LogP contribution in [0.1, 0.15) is 41.5 Å². The molecule has 104 valence electrons. The lowest BCUT2D eigenvalue weighted by Crippen LogP contribution is -2.27. The molecule has 3 nitrogen and oxygen atoms in total. The second-order valence-electron chi connectivity index (χ2n) is 5.44. The number of hydrogen-bond donors (Lipinski definition) is 2. The van der Waals surface area contributed by atoms with Crippen LogP contribution in [0.25, 0.3) is 0 Å². The van der Waals surface area contributed by atoms with Gasteiger partial charge in [0.2, 0.25) is 0 Å². The first kappa shape index (κ1) is 13.1. The number of nitrogen functional groups attached to an aromatic ring is 1. The number of pyridine rings is 1. The zero-order valence-corrected chi connectivity index (χ0v) is 11.8. The molecule has 2 atom stereocenters. The highest BCUT2D eigenvalue weighted by atomic mass is 14.9. The number of nitrogens with zero attached hydrogens (tertiary/aromatic N) is 1. The maximum atomic E-state index is 6.07. The summed E-state index contributed by atoms with van der Waals surface area (Å²) in [6.07, 6.45) is 5.36. The van der Waals surface area contributed by atoms with Gasteiger partial charge in [-0.1, -0.05) is 30.3 Å². The van der Waals surface area contributed by atoms with Crippen molar-refractivity contribution in [2.24, 2.45) is 0 Å². The van der Waals surface area contributed by atoms with Crippen LogP contribution >= 0.6 is 0 Å². The van der Waals surface area contributed by atoms with Crippen molar-refractivity contribution in [3.8, 4) is 0 Å². The Hall–Kier alpha value is -1.87. The summed E-state index contributed by atoms with van der Waals surface area (Å²) >= 11 is 0. The topological polar surface area (TPSA) is 50.9 Å². The second-order valence-corrected chi connectivity index (χ2v) is 5.44. The highest BCUT2D eigenvalue weighted by Gasteiger charge is 2.29. The SMILES string of the molecule is CNC(c1cccnc1N)C1CCCc2ccccc21. The van der Waals surface area contributed by atoms with Crippen molar-refractivity contribution in [3.05, 3.63) is 59.3 Å². The summed E-state index contributed by atoms with van der Waals surface area (Å²) in [6.45, 7) is 0. The molecule has 0 aliphatic heterocycles. The van der Waals surface area contributed by atoms with Crippen molar-refractivity contribution < 1.29 is 0 Å². The predicted octanol–water partition coefficient (Wildman–Crippen LogP) is 3.04. The first-order chi connectivity index (χ1) is 9.81. The third-order valence-corrected chi connectivity index (χ3v) is 4.34. The lowest BCUT2D eigenvalue weighted by atomic mass is 9.77. The Balaban J connectivity index is 2.01. The largest absolute Gasteiger partial charge is 0.383 e. The summed E-state index contributed by atoms with van der Waals surface area (Å²) in [5.74, 6) is 1.10. The zero-order valence-electron chi connectivity index (χ0n) is 11.8. The van der Waals surface area contributed by atoms with Crippen LogP contribution in [0.5, 0.6) is 0 Å². The van der Waals surface area contributed by atoms with Crippen molar-refractivity contribution in [1.82, 2.24) is 10.3 Å². The molecular formula is C17H21N3. The molecule has 0 saturated heterocycles. The van der Waals surface area contributed by atoms with E-state index in [1.165, 1.54) is 30.4 Å². The fraction of sp³-hybridized carbons (Fsp3) is 0.353. The van der Waals surface area contributed by atoms with Gasteiger partial charge in [-0.05, 0) is 43.5 Å². The molecule has 0 radical (unpaired) electrons. The van der Waals surface area contributed by atoms with E-state index in [0.717, 1.165) is 5.56 Å². The van der Waals surface area contributed by atoms with Crippen LogP contribution in [0.15, 0.2) is 42.6 Å². The molecule has 0 amide bonds. The number of benzene rings is 1. The van der Waals surface area contributed by atoms with E-state index < -0.39 is 0 Å². The maximum absolute atomic E-state index is 6.07. The number of nitrogens with one attached hydrogen (secondary N) is 1. The van der Waals surface area contributed by atoms with Crippen LogP contribution in [0.4, 0.5) is 5.82 Å². The summed E-state index contributed by atoms with van der Waals surface area (Å²) in [5, 5.41) is 3.45. The summed E-state index contributed by atoms with van der Waals surface area (Å²) in [6, 6.07) is 13.1. The van der Waals surface area contributed by atoms with Gasteiger partial charge >= 0.3 is 0 Å². The monoisotopic (exact) mass is 267 g/mol. The van der Waals surface area contributed by atoms with Gasteiger partial charge in [0.05, 0.1) is 0 Å². The molecule has 3 heteroatoms. The molecule has 2 unspecified atom stereocenters. The Bertz CT molecular complexity index is 594. The van der Waals surface area contributed by atoms with Crippen LogP contribution in [-0.2, 0) is 6.42 Å². The average molecular weight is 267 g/mol. The van der Waals surface area contributed by atoms with E-state index in [1.807, 2.05) is 13.1 Å². The molecule has 3 N–H and O–H groups in total. The highest BCUT2D eigenvalue weighted by Crippen LogP contribution is 2.41. The minimum absolute atomic E-state index is 0.227. The molecule has 3 rings (SSSR count). The molecule has 1 aromatic carbocycles. The van der Waals surface area contributed by atoms with Gasteiger partial charge in [-0.3, -0.25) is 0 Å². The van der Waals surface area contributed by atoms with E-state index in [1.54, 1.807) is 6.20 Å². The first-order valence-electron chi connectivity index (χ1n) is 7.26. The van der Waals surface area contributed by atoms with Crippen molar-refractivity contribution in [3.63, 3.8) is 0 Å². The Morgan fingerprint density at radius 3 is 2.90 bits per heavy atom. The first-order valence-corrected chi connectivity index (χ1v) is 7.26.